The minimum absolute atomic E-state index is 0.108. The number of benzene rings is 1. The number of carbonyl (C=O) groups excluding carboxylic acids is 2. The summed E-state index contributed by atoms with van der Waals surface area (Å²) in [6.45, 7) is 5.53. The lowest BCUT2D eigenvalue weighted by molar-refractivity contribution is -0.115. The smallest absolute Gasteiger partial charge is 0.263 e. The largest absolute Gasteiger partial charge is 0.342 e. The molecule has 0 aliphatic heterocycles. The minimum atomic E-state index is -0.316. The predicted molar refractivity (Wildman–Crippen MR) is 107 cm³/mol. The summed E-state index contributed by atoms with van der Waals surface area (Å²) >= 11 is 1.26. The summed E-state index contributed by atoms with van der Waals surface area (Å²) in [5, 5.41) is 6.20. The van der Waals surface area contributed by atoms with Crippen molar-refractivity contribution in [3.63, 3.8) is 0 Å². The van der Waals surface area contributed by atoms with E-state index >= 15 is 0 Å². The highest BCUT2D eigenvalue weighted by Gasteiger charge is 2.17. The summed E-state index contributed by atoms with van der Waals surface area (Å²) in [5.41, 5.74) is 4.08. The van der Waals surface area contributed by atoms with Gasteiger partial charge in [0.2, 0.25) is 5.91 Å². The summed E-state index contributed by atoms with van der Waals surface area (Å²) in [4.78, 5) is 33.8. The SMILES string of the molecule is Cc1cccc(C)c1NC(=O)CNC(=O)c1sc(-c2ccccn2)nc1C. The van der Waals surface area contributed by atoms with Crippen LogP contribution >= 0.6 is 11.3 Å². The van der Waals surface area contributed by atoms with E-state index < -0.39 is 0 Å². The maximum absolute atomic E-state index is 12.5. The summed E-state index contributed by atoms with van der Waals surface area (Å²) in [6.07, 6.45) is 1.68. The van der Waals surface area contributed by atoms with Gasteiger partial charge in [0.15, 0.2) is 0 Å². The zero-order valence-corrected chi connectivity index (χ0v) is 16.2. The van der Waals surface area contributed by atoms with Gasteiger partial charge in [-0.2, -0.15) is 0 Å². The number of pyridine rings is 1. The van der Waals surface area contributed by atoms with Gasteiger partial charge in [0.1, 0.15) is 9.88 Å². The summed E-state index contributed by atoms with van der Waals surface area (Å²) in [5.74, 6) is -0.586. The van der Waals surface area contributed by atoms with E-state index in [9.17, 15) is 9.59 Å². The highest BCUT2D eigenvalue weighted by atomic mass is 32.1. The molecule has 2 N–H and O–H groups in total. The highest BCUT2D eigenvalue weighted by Crippen LogP contribution is 2.26. The van der Waals surface area contributed by atoms with E-state index in [0.717, 1.165) is 22.5 Å². The molecule has 3 aromatic rings. The standard InChI is InChI=1S/C20H20N4O2S/c1-12-7-6-8-13(2)17(12)24-16(25)11-22-19(26)18-14(3)23-20(27-18)15-9-4-5-10-21-15/h4-10H,11H2,1-3H3,(H,22,26)(H,24,25). The monoisotopic (exact) mass is 380 g/mol. The van der Waals surface area contributed by atoms with Gasteiger partial charge < -0.3 is 10.6 Å². The van der Waals surface area contributed by atoms with Crippen LogP contribution in [-0.4, -0.2) is 28.3 Å². The Morgan fingerprint density at radius 1 is 1.04 bits per heavy atom. The van der Waals surface area contributed by atoms with Crippen LogP contribution in [0.25, 0.3) is 10.7 Å². The lowest BCUT2D eigenvalue weighted by Gasteiger charge is -2.11. The van der Waals surface area contributed by atoms with E-state index in [1.54, 1.807) is 13.1 Å². The van der Waals surface area contributed by atoms with Crippen LogP contribution in [0.1, 0.15) is 26.5 Å². The number of para-hydroxylation sites is 1. The topological polar surface area (TPSA) is 84.0 Å². The number of rotatable bonds is 5. The summed E-state index contributed by atoms with van der Waals surface area (Å²) in [6, 6.07) is 11.3. The molecule has 0 unspecified atom stereocenters. The van der Waals surface area contributed by atoms with Gasteiger partial charge in [-0.15, -0.1) is 11.3 Å². The van der Waals surface area contributed by atoms with Gasteiger partial charge in [-0.05, 0) is 44.0 Å². The maximum atomic E-state index is 12.5. The molecule has 0 radical (unpaired) electrons. The van der Waals surface area contributed by atoms with Gasteiger partial charge in [0.05, 0.1) is 17.9 Å². The zero-order valence-electron chi connectivity index (χ0n) is 15.4. The van der Waals surface area contributed by atoms with E-state index in [-0.39, 0.29) is 18.4 Å². The van der Waals surface area contributed by atoms with E-state index in [1.807, 2.05) is 50.2 Å². The molecule has 0 aliphatic rings. The lowest BCUT2D eigenvalue weighted by Crippen LogP contribution is -2.33. The molecule has 0 atom stereocenters. The second-order valence-electron chi connectivity index (χ2n) is 6.15. The van der Waals surface area contributed by atoms with Crippen LogP contribution in [-0.2, 0) is 4.79 Å². The molecular weight excluding hydrogens is 360 g/mol. The Hall–Kier alpha value is -3.06. The molecule has 7 heteroatoms. The molecule has 0 saturated carbocycles. The first-order valence-electron chi connectivity index (χ1n) is 8.49. The zero-order chi connectivity index (χ0) is 19.4. The Morgan fingerprint density at radius 2 is 1.78 bits per heavy atom. The molecule has 0 saturated heterocycles. The normalized spacial score (nSPS) is 10.5. The number of amides is 2. The molecule has 6 nitrogen and oxygen atoms in total. The third-order valence-corrected chi connectivity index (χ3v) is 5.22. The van der Waals surface area contributed by atoms with Crippen LogP contribution in [0.2, 0.25) is 0 Å². The Labute approximate surface area is 161 Å². The third kappa shape index (κ3) is 4.38. The van der Waals surface area contributed by atoms with Crippen molar-refractivity contribution in [3.8, 4) is 10.7 Å². The first-order chi connectivity index (χ1) is 13.0. The number of nitrogens with one attached hydrogen (secondary N) is 2. The molecule has 2 amide bonds. The number of nitrogens with zero attached hydrogens (tertiary/aromatic N) is 2. The fourth-order valence-electron chi connectivity index (χ4n) is 2.64. The minimum Gasteiger partial charge on any atom is -0.342 e. The number of hydrogen-bond donors (Lipinski definition) is 2. The lowest BCUT2D eigenvalue weighted by atomic mass is 10.1. The second-order valence-corrected chi connectivity index (χ2v) is 7.15. The quantitative estimate of drug-likeness (QED) is 0.710. The Bertz CT molecular complexity index is 963. The van der Waals surface area contributed by atoms with Gasteiger partial charge in [0, 0.05) is 11.9 Å². The molecule has 2 aromatic heterocycles. The van der Waals surface area contributed by atoms with Gasteiger partial charge in [-0.25, -0.2) is 4.98 Å². The fraction of sp³-hybridized carbons (Fsp3) is 0.200. The van der Waals surface area contributed by atoms with Crippen molar-refractivity contribution in [1.29, 1.82) is 0 Å². The number of carbonyl (C=O) groups is 2. The highest BCUT2D eigenvalue weighted by molar-refractivity contribution is 7.17. The molecule has 0 aliphatic carbocycles. The van der Waals surface area contributed by atoms with Crippen LogP contribution in [0.15, 0.2) is 42.6 Å². The third-order valence-electron chi connectivity index (χ3n) is 4.04. The van der Waals surface area contributed by atoms with Gasteiger partial charge in [-0.1, -0.05) is 24.3 Å². The number of anilines is 1. The number of aromatic nitrogens is 2. The number of hydrogen-bond acceptors (Lipinski definition) is 5. The van der Waals surface area contributed by atoms with Crippen LogP contribution in [0, 0.1) is 20.8 Å². The van der Waals surface area contributed by atoms with E-state index in [4.69, 9.17) is 0 Å². The summed E-state index contributed by atoms with van der Waals surface area (Å²) in [7, 11) is 0. The maximum Gasteiger partial charge on any atom is 0.263 e. The van der Waals surface area contributed by atoms with Gasteiger partial charge >= 0.3 is 0 Å². The van der Waals surface area contributed by atoms with Crippen molar-refractivity contribution >= 4 is 28.8 Å². The molecule has 2 heterocycles. The van der Waals surface area contributed by atoms with Crippen LogP contribution in [0.5, 0.6) is 0 Å². The average molecular weight is 380 g/mol. The Balaban J connectivity index is 1.64. The molecule has 0 fully saturated rings. The molecule has 0 bridgehead atoms. The van der Waals surface area contributed by atoms with Gasteiger partial charge in [-0.3, -0.25) is 14.6 Å². The fourth-order valence-corrected chi connectivity index (χ4v) is 3.60. The summed E-state index contributed by atoms with van der Waals surface area (Å²) < 4.78 is 0. The van der Waals surface area contributed by atoms with Crippen LogP contribution < -0.4 is 10.6 Å². The Morgan fingerprint density at radius 3 is 2.44 bits per heavy atom. The van der Waals surface area contributed by atoms with Crippen molar-refractivity contribution in [2.75, 3.05) is 11.9 Å². The molecule has 138 valence electrons. The molecule has 0 spiro atoms. The van der Waals surface area contributed by atoms with Crippen LogP contribution in [0.3, 0.4) is 0 Å². The van der Waals surface area contributed by atoms with Crippen molar-refractivity contribution in [2.24, 2.45) is 0 Å². The predicted octanol–water partition coefficient (Wildman–Crippen LogP) is 3.50. The van der Waals surface area contributed by atoms with Crippen molar-refractivity contribution in [3.05, 3.63) is 64.3 Å². The van der Waals surface area contributed by atoms with E-state index in [0.29, 0.717) is 15.6 Å². The van der Waals surface area contributed by atoms with Crippen molar-refractivity contribution in [2.45, 2.75) is 20.8 Å². The molecule has 27 heavy (non-hydrogen) atoms. The molecular formula is C20H20N4O2S. The van der Waals surface area contributed by atoms with Crippen molar-refractivity contribution < 1.29 is 9.59 Å². The average Bonchev–Trinajstić information content (AvgIpc) is 3.05. The Kier molecular flexibility index (Phi) is 5.61. The van der Waals surface area contributed by atoms with Crippen LogP contribution in [0.4, 0.5) is 5.69 Å². The second kappa shape index (κ2) is 8.09. The number of aryl methyl sites for hydroxylation is 3. The van der Waals surface area contributed by atoms with E-state index in [1.165, 1.54) is 11.3 Å². The molecule has 1 aromatic carbocycles. The van der Waals surface area contributed by atoms with Gasteiger partial charge in [0.25, 0.3) is 5.91 Å². The number of thiazole rings is 1. The first-order valence-corrected chi connectivity index (χ1v) is 9.30. The first kappa shape index (κ1) is 18.7. The van der Waals surface area contributed by atoms with E-state index in [2.05, 4.69) is 20.6 Å². The molecule has 3 rings (SSSR count). The van der Waals surface area contributed by atoms with Crippen molar-refractivity contribution in [1.82, 2.24) is 15.3 Å².